The second kappa shape index (κ2) is 4.54. The normalized spacial score (nSPS) is 17.4. The molecule has 0 aliphatic heterocycles. The van der Waals surface area contributed by atoms with Crippen molar-refractivity contribution in [3.8, 4) is 0 Å². The van der Waals surface area contributed by atoms with Gasteiger partial charge in [-0.05, 0) is 43.9 Å². The van der Waals surface area contributed by atoms with Crippen LogP contribution in [0, 0.1) is 12.7 Å². The van der Waals surface area contributed by atoms with E-state index < -0.39 is 21.2 Å². The zero-order chi connectivity index (χ0) is 14.3. The fourth-order valence-electron chi connectivity index (χ4n) is 2.45. The van der Waals surface area contributed by atoms with E-state index in [0.29, 0.717) is 18.4 Å². The molecule has 19 heavy (non-hydrogen) atoms. The van der Waals surface area contributed by atoms with Gasteiger partial charge < -0.3 is 0 Å². The minimum Gasteiger partial charge on any atom is -0.224 e. The predicted molar refractivity (Wildman–Crippen MR) is 67.9 cm³/mol. The first kappa shape index (κ1) is 13.9. The van der Waals surface area contributed by atoms with Gasteiger partial charge in [0.05, 0.1) is 4.90 Å². The first-order valence-electron chi connectivity index (χ1n) is 5.90. The van der Waals surface area contributed by atoms with Crippen LogP contribution in [0.1, 0.15) is 30.4 Å². The summed E-state index contributed by atoms with van der Waals surface area (Å²) in [5.41, 5.74) is -0.402. The Bertz CT molecular complexity index is 671. The van der Waals surface area contributed by atoms with Gasteiger partial charge in [-0.25, -0.2) is 17.6 Å². The van der Waals surface area contributed by atoms with Crippen LogP contribution < -0.4 is 0 Å². The largest absolute Gasteiger partial charge is 0.235 e. The highest BCUT2D eigenvalue weighted by atomic mass is 32.2. The third kappa shape index (κ3) is 2.33. The lowest BCUT2D eigenvalue weighted by molar-refractivity contribution is 0.247. The molecule has 0 atom stereocenters. The van der Waals surface area contributed by atoms with Crippen molar-refractivity contribution in [2.45, 2.75) is 36.6 Å². The molecule has 0 heterocycles. The second-order valence-corrected chi connectivity index (χ2v) is 6.94. The van der Waals surface area contributed by atoms with Crippen LogP contribution in [-0.4, -0.2) is 20.8 Å². The molecule has 1 fully saturated rings. The third-order valence-electron chi connectivity index (χ3n) is 3.61. The number of sulfone groups is 1. The molecule has 0 radical (unpaired) electrons. The Morgan fingerprint density at radius 2 is 2.00 bits per heavy atom. The van der Waals surface area contributed by atoms with E-state index in [-0.39, 0.29) is 10.5 Å². The fraction of sp³-hybridized carbons (Fsp3) is 0.462. The number of rotatable bonds is 3. The molecule has 1 aliphatic rings. The van der Waals surface area contributed by atoms with Gasteiger partial charge in [0, 0.05) is 11.8 Å². The number of halogens is 1. The number of isocyanates is 1. The van der Waals surface area contributed by atoms with Crippen LogP contribution in [0.5, 0.6) is 0 Å². The smallest absolute Gasteiger partial charge is 0.224 e. The molecule has 102 valence electrons. The zero-order valence-corrected chi connectivity index (χ0v) is 11.6. The van der Waals surface area contributed by atoms with E-state index in [4.69, 9.17) is 0 Å². The molecule has 2 rings (SSSR count). The number of aryl methyl sites for hydroxylation is 1. The lowest BCUT2D eigenvalue weighted by Crippen LogP contribution is -2.33. The first-order chi connectivity index (χ1) is 8.80. The quantitative estimate of drug-likeness (QED) is 0.485. The molecule has 0 amide bonds. The third-order valence-corrected chi connectivity index (χ3v) is 4.84. The van der Waals surface area contributed by atoms with Gasteiger partial charge in [0.2, 0.25) is 6.08 Å². The maximum absolute atomic E-state index is 14.1. The monoisotopic (exact) mass is 283 g/mol. The molecular formula is C13H14FNO3S. The molecule has 1 aliphatic carbocycles. The van der Waals surface area contributed by atoms with E-state index in [1.165, 1.54) is 18.2 Å². The second-order valence-electron chi connectivity index (χ2n) is 4.96. The first-order valence-corrected chi connectivity index (χ1v) is 7.79. The number of hydrogen-bond acceptors (Lipinski definition) is 4. The minimum atomic E-state index is -3.44. The molecule has 6 heteroatoms. The molecule has 0 saturated heterocycles. The average molecular weight is 283 g/mol. The van der Waals surface area contributed by atoms with E-state index in [2.05, 4.69) is 4.99 Å². The Kier molecular flexibility index (Phi) is 3.32. The van der Waals surface area contributed by atoms with Crippen LogP contribution in [0.2, 0.25) is 0 Å². The van der Waals surface area contributed by atoms with Gasteiger partial charge in [0.15, 0.2) is 9.84 Å². The van der Waals surface area contributed by atoms with E-state index in [1.54, 1.807) is 6.92 Å². The van der Waals surface area contributed by atoms with Crippen molar-refractivity contribution >= 4 is 15.9 Å². The molecule has 0 bridgehead atoms. The molecule has 0 unspecified atom stereocenters. The molecule has 1 saturated carbocycles. The van der Waals surface area contributed by atoms with Crippen LogP contribution in [0.15, 0.2) is 22.0 Å². The Labute approximate surface area is 111 Å². The Balaban J connectivity index is 2.68. The predicted octanol–water partition coefficient (Wildman–Crippen LogP) is 2.25. The minimum absolute atomic E-state index is 0.0799. The summed E-state index contributed by atoms with van der Waals surface area (Å²) in [6.07, 6.45) is 4.44. The Morgan fingerprint density at radius 1 is 1.37 bits per heavy atom. The molecule has 0 N–H and O–H groups in total. The SMILES string of the molecule is Cc1cc(F)c(C2(N=C=O)CCC2)cc1S(C)(=O)=O. The Morgan fingerprint density at radius 3 is 2.42 bits per heavy atom. The van der Waals surface area contributed by atoms with Crippen molar-refractivity contribution < 1.29 is 17.6 Å². The summed E-state index contributed by atoms with van der Waals surface area (Å²) in [6.45, 7) is 1.54. The van der Waals surface area contributed by atoms with E-state index in [0.717, 1.165) is 12.7 Å². The lowest BCUT2D eigenvalue weighted by atomic mass is 9.72. The van der Waals surface area contributed by atoms with Crippen molar-refractivity contribution in [1.29, 1.82) is 0 Å². The highest BCUT2D eigenvalue weighted by Gasteiger charge is 2.41. The summed E-state index contributed by atoms with van der Waals surface area (Å²) in [5, 5.41) is 0. The average Bonchev–Trinajstić information content (AvgIpc) is 2.22. The maximum Gasteiger partial charge on any atom is 0.235 e. The standard InChI is InChI=1S/C13H14FNO3S/c1-9-6-11(14)10(7-12(9)19(2,17)18)13(15-8-16)4-3-5-13/h6-7H,3-5H2,1-2H3. The van der Waals surface area contributed by atoms with Crippen LogP contribution >= 0.6 is 0 Å². The lowest BCUT2D eigenvalue weighted by Gasteiger charge is -2.37. The highest BCUT2D eigenvalue weighted by molar-refractivity contribution is 7.90. The van der Waals surface area contributed by atoms with Crippen molar-refractivity contribution in [3.05, 3.63) is 29.1 Å². The number of carbonyl (C=O) groups excluding carboxylic acids is 1. The van der Waals surface area contributed by atoms with E-state index in [1.807, 2.05) is 0 Å². The summed E-state index contributed by atoms with van der Waals surface area (Å²) in [5.74, 6) is -0.524. The van der Waals surface area contributed by atoms with Crippen LogP contribution in [0.3, 0.4) is 0 Å². The summed E-state index contributed by atoms with van der Waals surface area (Å²) in [7, 11) is -3.44. The molecule has 0 aromatic heterocycles. The van der Waals surface area contributed by atoms with Gasteiger partial charge >= 0.3 is 0 Å². The summed E-state index contributed by atoms with van der Waals surface area (Å²) in [4.78, 5) is 14.3. The summed E-state index contributed by atoms with van der Waals surface area (Å²) in [6, 6.07) is 2.49. The molecule has 0 spiro atoms. The number of hydrogen-bond donors (Lipinski definition) is 0. The molecular weight excluding hydrogens is 269 g/mol. The highest BCUT2D eigenvalue weighted by Crippen LogP contribution is 2.46. The van der Waals surface area contributed by atoms with Gasteiger partial charge in [-0.15, -0.1) is 0 Å². The van der Waals surface area contributed by atoms with Gasteiger partial charge in [0.25, 0.3) is 0 Å². The fourth-order valence-corrected chi connectivity index (χ4v) is 3.43. The Hall–Kier alpha value is -1.52. The van der Waals surface area contributed by atoms with Gasteiger partial charge in [-0.1, -0.05) is 0 Å². The number of benzene rings is 1. The molecule has 4 nitrogen and oxygen atoms in total. The van der Waals surface area contributed by atoms with Crippen molar-refractivity contribution in [2.75, 3.05) is 6.26 Å². The van der Waals surface area contributed by atoms with Crippen LogP contribution in [0.25, 0.3) is 0 Å². The topological polar surface area (TPSA) is 63.6 Å². The van der Waals surface area contributed by atoms with Crippen molar-refractivity contribution in [1.82, 2.24) is 0 Å². The van der Waals surface area contributed by atoms with Gasteiger partial charge in [-0.3, -0.25) is 0 Å². The van der Waals surface area contributed by atoms with Crippen molar-refractivity contribution in [2.24, 2.45) is 4.99 Å². The van der Waals surface area contributed by atoms with Gasteiger partial charge in [-0.2, -0.15) is 4.99 Å². The summed E-state index contributed by atoms with van der Waals surface area (Å²) < 4.78 is 37.4. The zero-order valence-electron chi connectivity index (χ0n) is 10.7. The van der Waals surface area contributed by atoms with Crippen LogP contribution in [0.4, 0.5) is 4.39 Å². The van der Waals surface area contributed by atoms with E-state index >= 15 is 0 Å². The number of aliphatic imine (C=N–C) groups is 1. The molecule has 1 aromatic carbocycles. The number of nitrogens with zero attached hydrogens (tertiary/aromatic N) is 1. The maximum atomic E-state index is 14.1. The molecule has 1 aromatic rings. The van der Waals surface area contributed by atoms with Gasteiger partial charge in [0.1, 0.15) is 11.4 Å². The van der Waals surface area contributed by atoms with E-state index in [9.17, 15) is 17.6 Å². The summed E-state index contributed by atoms with van der Waals surface area (Å²) >= 11 is 0. The van der Waals surface area contributed by atoms with Crippen molar-refractivity contribution in [3.63, 3.8) is 0 Å². The van der Waals surface area contributed by atoms with Crippen LogP contribution in [-0.2, 0) is 20.2 Å².